The van der Waals surface area contributed by atoms with E-state index >= 15 is 0 Å². The van der Waals surface area contributed by atoms with Crippen LogP contribution in [0.4, 0.5) is 11.4 Å². The van der Waals surface area contributed by atoms with Crippen LogP contribution >= 0.6 is 0 Å². The molecule has 0 bridgehead atoms. The summed E-state index contributed by atoms with van der Waals surface area (Å²) in [5.74, 6) is -2.56. The Morgan fingerprint density at radius 3 is 2.17 bits per heavy atom. The average molecular weight is 414 g/mol. The third-order valence-electron chi connectivity index (χ3n) is 3.63. The number of nitro groups is 1. The number of nitro benzene ring substituents is 1. The van der Waals surface area contributed by atoms with Crippen molar-refractivity contribution in [2.45, 2.75) is 12.8 Å². The van der Waals surface area contributed by atoms with Crippen molar-refractivity contribution in [3.05, 3.63) is 70.3 Å². The monoisotopic (exact) mass is 414 g/mol. The molecule has 0 unspecified atom stereocenters. The molecular formula is C19H18N4O7. The number of hydrogen-bond donors (Lipinski definition) is 3. The molecule has 0 aliphatic heterocycles. The third-order valence-corrected chi connectivity index (χ3v) is 3.63. The van der Waals surface area contributed by atoms with E-state index in [1.165, 1.54) is 24.3 Å². The second-order valence-electron chi connectivity index (χ2n) is 5.88. The highest BCUT2D eigenvalue weighted by atomic mass is 16.6. The second-order valence-corrected chi connectivity index (χ2v) is 5.88. The second kappa shape index (κ2) is 10.9. The fourth-order valence-corrected chi connectivity index (χ4v) is 2.15. The summed E-state index contributed by atoms with van der Waals surface area (Å²) in [5, 5.41) is 13.1. The topological polar surface area (TPSA) is 157 Å². The highest BCUT2D eigenvalue weighted by molar-refractivity contribution is 5.95. The Bertz CT molecular complexity index is 930. The van der Waals surface area contributed by atoms with Gasteiger partial charge in [-0.15, -0.1) is 0 Å². The fraction of sp³-hybridized carbons (Fsp3) is 0.158. The summed E-state index contributed by atoms with van der Waals surface area (Å²) >= 11 is 0. The Morgan fingerprint density at radius 2 is 1.53 bits per heavy atom. The third kappa shape index (κ3) is 7.38. The van der Waals surface area contributed by atoms with Crippen molar-refractivity contribution in [2.75, 3.05) is 11.9 Å². The van der Waals surface area contributed by atoms with Crippen molar-refractivity contribution >= 4 is 35.1 Å². The van der Waals surface area contributed by atoms with E-state index in [1.807, 2.05) is 0 Å². The van der Waals surface area contributed by atoms with Gasteiger partial charge in [0.05, 0.1) is 11.3 Å². The number of carbonyl (C=O) groups excluding carboxylic acids is 4. The molecule has 0 aliphatic rings. The van der Waals surface area contributed by atoms with Crippen LogP contribution in [0.2, 0.25) is 0 Å². The number of nitrogens with zero attached hydrogens (tertiary/aromatic N) is 1. The van der Waals surface area contributed by atoms with E-state index in [9.17, 15) is 29.3 Å². The van der Waals surface area contributed by atoms with Crippen LogP contribution in [0.5, 0.6) is 0 Å². The van der Waals surface area contributed by atoms with Crippen molar-refractivity contribution in [1.29, 1.82) is 0 Å². The van der Waals surface area contributed by atoms with Gasteiger partial charge in [-0.1, -0.05) is 18.2 Å². The van der Waals surface area contributed by atoms with Crippen LogP contribution in [-0.2, 0) is 19.1 Å². The first-order valence-electron chi connectivity index (χ1n) is 8.69. The van der Waals surface area contributed by atoms with Gasteiger partial charge in [0.25, 0.3) is 17.5 Å². The van der Waals surface area contributed by atoms with E-state index in [0.29, 0.717) is 11.3 Å². The first kappa shape index (κ1) is 22.0. The summed E-state index contributed by atoms with van der Waals surface area (Å²) in [5.41, 5.74) is 4.84. The van der Waals surface area contributed by atoms with Crippen LogP contribution in [0, 0.1) is 10.1 Å². The molecule has 3 N–H and O–H groups in total. The zero-order valence-electron chi connectivity index (χ0n) is 15.6. The van der Waals surface area contributed by atoms with Gasteiger partial charge >= 0.3 is 5.97 Å². The van der Waals surface area contributed by atoms with E-state index in [-0.39, 0.29) is 18.5 Å². The zero-order chi connectivity index (χ0) is 21.9. The molecule has 0 saturated heterocycles. The first-order valence-corrected chi connectivity index (χ1v) is 8.69. The Morgan fingerprint density at radius 1 is 0.867 bits per heavy atom. The summed E-state index contributed by atoms with van der Waals surface area (Å²) < 4.78 is 4.73. The highest BCUT2D eigenvalue weighted by Crippen LogP contribution is 2.15. The van der Waals surface area contributed by atoms with Gasteiger partial charge in [0.2, 0.25) is 5.91 Å². The van der Waals surface area contributed by atoms with E-state index in [1.54, 1.807) is 30.3 Å². The SMILES string of the molecule is O=C(COC(=O)CCC(=O)Nc1ccc([N+](=O)[O-])cc1)NNC(=O)c1ccccc1. The van der Waals surface area contributed by atoms with Crippen molar-refractivity contribution < 1.29 is 28.8 Å². The Labute approximate surface area is 170 Å². The quantitative estimate of drug-likeness (QED) is 0.334. The molecule has 0 aromatic heterocycles. The fourth-order valence-electron chi connectivity index (χ4n) is 2.15. The molecule has 0 atom stereocenters. The van der Waals surface area contributed by atoms with Gasteiger partial charge in [-0.2, -0.15) is 0 Å². The normalized spacial score (nSPS) is 9.87. The Hall–Kier alpha value is -4.28. The summed E-state index contributed by atoms with van der Waals surface area (Å²) in [6.45, 7) is -0.627. The van der Waals surface area contributed by atoms with Crippen molar-refractivity contribution in [3.63, 3.8) is 0 Å². The number of hydrazine groups is 1. The number of anilines is 1. The van der Waals surface area contributed by atoms with Gasteiger partial charge in [0, 0.05) is 29.8 Å². The molecule has 30 heavy (non-hydrogen) atoms. The van der Waals surface area contributed by atoms with Gasteiger partial charge in [-0.05, 0) is 24.3 Å². The van der Waals surface area contributed by atoms with Crippen LogP contribution in [0.15, 0.2) is 54.6 Å². The molecule has 2 aromatic carbocycles. The number of nitrogens with one attached hydrogen (secondary N) is 3. The van der Waals surface area contributed by atoms with E-state index in [4.69, 9.17) is 4.74 Å². The lowest BCUT2D eigenvalue weighted by Gasteiger charge is -2.08. The van der Waals surface area contributed by atoms with Crippen LogP contribution < -0.4 is 16.2 Å². The molecule has 0 heterocycles. The maximum atomic E-state index is 11.8. The lowest BCUT2D eigenvalue weighted by molar-refractivity contribution is -0.384. The number of esters is 1. The summed E-state index contributed by atoms with van der Waals surface area (Å²) in [7, 11) is 0. The molecule has 0 aliphatic carbocycles. The van der Waals surface area contributed by atoms with Crippen LogP contribution in [0.3, 0.4) is 0 Å². The molecule has 0 saturated carbocycles. The summed E-state index contributed by atoms with van der Waals surface area (Å²) in [6, 6.07) is 13.4. The first-order chi connectivity index (χ1) is 14.3. The lowest BCUT2D eigenvalue weighted by atomic mass is 10.2. The maximum Gasteiger partial charge on any atom is 0.306 e. The average Bonchev–Trinajstić information content (AvgIpc) is 2.75. The Kier molecular flexibility index (Phi) is 8.00. The lowest BCUT2D eigenvalue weighted by Crippen LogP contribution is -2.43. The highest BCUT2D eigenvalue weighted by Gasteiger charge is 2.12. The minimum absolute atomic E-state index is 0.116. The van der Waals surface area contributed by atoms with E-state index in [0.717, 1.165) is 0 Å². The number of non-ortho nitro benzene ring substituents is 1. The van der Waals surface area contributed by atoms with Crippen LogP contribution in [0.25, 0.3) is 0 Å². The van der Waals surface area contributed by atoms with Crippen LogP contribution in [-0.4, -0.2) is 35.2 Å². The summed E-state index contributed by atoms with van der Waals surface area (Å²) in [4.78, 5) is 56.8. The molecule has 3 amide bonds. The smallest absolute Gasteiger partial charge is 0.306 e. The molecule has 2 aromatic rings. The maximum absolute atomic E-state index is 11.8. The van der Waals surface area contributed by atoms with Crippen molar-refractivity contribution in [1.82, 2.24) is 10.9 Å². The summed E-state index contributed by atoms with van der Waals surface area (Å²) in [6.07, 6.45) is -0.481. The number of ether oxygens (including phenoxy) is 1. The van der Waals surface area contributed by atoms with Gasteiger partial charge < -0.3 is 10.1 Å². The predicted molar refractivity (Wildman–Crippen MR) is 104 cm³/mol. The van der Waals surface area contributed by atoms with Crippen molar-refractivity contribution in [3.8, 4) is 0 Å². The number of hydrogen-bond acceptors (Lipinski definition) is 7. The zero-order valence-corrected chi connectivity index (χ0v) is 15.6. The van der Waals surface area contributed by atoms with Gasteiger partial charge in [-0.3, -0.25) is 40.1 Å². The minimum atomic E-state index is -0.779. The Balaban J connectivity index is 1.64. The number of carbonyl (C=O) groups is 4. The predicted octanol–water partition coefficient (Wildman–Crippen LogP) is 1.32. The van der Waals surface area contributed by atoms with Crippen molar-refractivity contribution in [2.24, 2.45) is 0 Å². The largest absolute Gasteiger partial charge is 0.455 e. The molecule has 0 radical (unpaired) electrons. The molecule has 0 fully saturated rings. The number of benzene rings is 2. The van der Waals surface area contributed by atoms with Gasteiger partial charge in [0.15, 0.2) is 6.61 Å². The standard InChI is InChI=1S/C19H18N4O7/c24-16(20-14-6-8-15(9-7-14)23(28)29)10-11-18(26)30-12-17(25)21-22-19(27)13-4-2-1-3-5-13/h1-9H,10-12H2,(H,20,24)(H,21,25)(H,22,27). The molecule has 11 nitrogen and oxygen atoms in total. The molecule has 156 valence electrons. The number of amides is 3. The minimum Gasteiger partial charge on any atom is -0.455 e. The molecule has 2 rings (SSSR count). The van der Waals surface area contributed by atoms with Gasteiger partial charge in [0.1, 0.15) is 0 Å². The molecular weight excluding hydrogens is 396 g/mol. The van der Waals surface area contributed by atoms with Gasteiger partial charge in [-0.25, -0.2) is 0 Å². The van der Waals surface area contributed by atoms with E-state index in [2.05, 4.69) is 16.2 Å². The molecule has 11 heteroatoms. The van der Waals surface area contributed by atoms with Crippen LogP contribution in [0.1, 0.15) is 23.2 Å². The molecule has 0 spiro atoms. The van der Waals surface area contributed by atoms with E-state index < -0.39 is 35.2 Å². The number of rotatable bonds is 8.